The van der Waals surface area contributed by atoms with Crippen molar-refractivity contribution in [2.45, 2.75) is 11.4 Å². The number of nitrogens with one attached hydrogen (secondary N) is 1. The van der Waals surface area contributed by atoms with Crippen LogP contribution in [-0.2, 0) is 4.79 Å². The maximum atomic E-state index is 10.8. The van der Waals surface area contributed by atoms with Crippen LogP contribution in [0.5, 0.6) is 11.5 Å². The molecule has 3 N–H and O–H groups in total. The number of carboxylic acids is 1. The molecule has 0 radical (unpaired) electrons. The lowest BCUT2D eigenvalue weighted by atomic mass is 10.1. The Kier molecular flexibility index (Phi) is 3.44. The summed E-state index contributed by atoms with van der Waals surface area (Å²) in [6, 6.07) is 4.34. The van der Waals surface area contributed by atoms with Crippen LogP contribution in [0, 0.1) is 0 Å². The Morgan fingerprint density at radius 2 is 2.35 bits per heavy atom. The highest BCUT2D eigenvalue weighted by molar-refractivity contribution is 7.99. The maximum absolute atomic E-state index is 10.8. The fourth-order valence-electron chi connectivity index (χ4n) is 1.66. The van der Waals surface area contributed by atoms with E-state index in [1.54, 1.807) is 25.3 Å². The average Bonchev–Trinajstić information content (AvgIpc) is 2.79. The van der Waals surface area contributed by atoms with Crippen molar-refractivity contribution in [1.82, 2.24) is 5.32 Å². The van der Waals surface area contributed by atoms with Crippen molar-refractivity contribution in [2.75, 3.05) is 12.9 Å². The largest absolute Gasteiger partial charge is 0.508 e. The van der Waals surface area contributed by atoms with Gasteiger partial charge in [0.2, 0.25) is 0 Å². The molecule has 1 aromatic rings. The van der Waals surface area contributed by atoms with E-state index in [1.807, 2.05) is 0 Å². The molecule has 92 valence electrons. The van der Waals surface area contributed by atoms with Crippen LogP contribution >= 0.6 is 11.8 Å². The predicted molar refractivity (Wildman–Crippen MR) is 64.4 cm³/mol. The van der Waals surface area contributed by atoms with Gasteiger partial charge >= 0.3 is 5.97 Å². The molecule has 0 unspecified atom stereocenters. The number of carbonyl (C=O) groups is 1. The predicted octanol–water partition coefficient (Wildman–Crippen LogP) is 1.19. The first-order chi connectivity index (χ1) is 8.11. The van der Waals surface area contributed by atoms with E-state index >= 15 is 0 Å². The van der Waals surface area contributed by atoms with Crippen LogP contribution in [0.4, 0.5) is 0 Å². The molecule has 1 aliphatic rings. The minimum absolute atomic E-state index is 0.141. The van der Waals surface area contributed by atoms with E-state index in [2.05, 4.69) is 5.32 Å². The lowest BCUT2D eigenvalue weighted by molar-refractivity contribution is -0.138. The second-order valence-corrected chi connectivity index (χ2v) is 4.83. The molecule has 1 fully saturated rings. The number of methoxy groups -OCH3 is 1. The van der Waals surface area contributed by atoms with Gasteiger partial charge in [-0.3, -0.25) is 10.1 Å². The molecule has 17 heavy (non-hydrogen) atoms. The third-order valence-corrected chi connectivity index (χ3v) is 3.85. The maximum Gasteiger partial charge on any atom is 0.321 e. The standard InChI is InChI=1S/C11H13NO4S/c1-16-6-2-3-9(13)7(4-6)10-12-8(5-17-10)11(14)15/h2-4,8,10,12-13H,5H2,1H3,(H,14,15)/t8-,10-/m0/s1. The van der Waals surface area contributed by atoms with Crippen LogP contribution in [0.1, 0.15) is 10.9 Å². The number of ether oxygens (including phenoxy) is 1. The van der Waals surface area contributed by atoms with Gasteiger partial charge in [0.1, 0.15) is 17.5 Å². The number of phenolic OH excluding ortho intramolecular Hbond substituents is 1. The number of hydrogen-bond acceptors (Lipinski definition) is 5. The number of aromatic hydroxyl groups is 1. The van der Waals surface area contributed by atoms with Gasteiger partial charge in [-0.2, -0.15) is 0 Å². The summed E-state index contributed by atoms with van der Waals surface area (Å²) >= 11 is 1.46. The second-order valence-electron chi connectivity index (χ2n) is 3.70. The Labute approximate surface area is 103 Å². The monoisotopic (exact) mass is 255 g/mol. The molecule has 0 aromatic heterocycles. The van der Waals surface area contributed by atoms with Crippen LogP contribution in [0.25, 0.3) is 0 Å². The van der Waals surface area contributed by atoms with Gasteiger partial charge in [-0.25, -0.2) is 0 Å². The molecule has 1 aromatic carbocycles. The quantitative estimate of drug-likeness (QED) is 0.753. The minimum Gasteiger partial charge on any atom is -0.508 e. The first-order valence-electron chi connectivity index (χ1n) is 5.09. The highest BCUT2D eigenvalue weighted by Gasteiger charge is 2.31. The van der Waals surface area contributed by atoms with Crippen LogP contribution in [0.15, 0.2) is 18.2 Å². The molecule has 0 aliphatic carbocycles. The molecular formula is C11H13NO4S. The molecule has 2 rings (SSSR count). The van der Waals surface area contributed by atoms with E-state index in [1.165, 1.54) is 11.8 Å². The second kappa shape index (κ2) is 4.85. The Morgan fingerprint density at radius 3 is 2.94 bits per heavy atom. The highest BCUT2D eigenvalue weighted by atomic mass is 32.2. The van der Waals surface area contributed by atoms with Gasteiger partial charge in [0.15, 0.2) is 0 Å². The summed E-state index contributed by atoms with van der Waals surface area (Å²) < 4.78 is 5.08. The highest BCUT2D eigenvalue weighted by Crippen LogP contribution is 2.38. The SMILES string of the molecule is COc1ccc(O)c([C@H]2N[C@H](C(=O)O)CS2)c1. The number of hydrogen-bond donors (Lipinski definition) is 3. The van der Waals surface area contributed by atoms with Crippen molar-refractivity contribution < 1.29 is 19.7 Å². The molecule has 5 nitrogen and oxygen atoms in total. The fraction of sp³-hybridized carbons (Fsp3) is 0.364. The molecule has 1 heterocycles. The molecule has 0 saturated carbocycles. The average molecular weight is 255 g/mol. The number of rotatable bonds is 3. The third kappa shape index (κ3) is 2.48. The molecule has 1 saturated heterocycles. The summed E-state index contributed by atoms with van der Waals surface area (Å²) in [5.74, 6) is 0.389. The Morgan fingerprint density at radius 1 is 1.59 bits per heavy atom. The van der Waals surface area contributed by atoms with Crippen molar-refractivity contribution in [3.8, 4) is 11.5 Å². The summed E-state index contributed by atoms with van der Waals surface area (Å²) in [7, 11) is 1.55. The fourth-order valence-corrected chi connectivity index (χ4v) is 2.92. The molecule has 0 bridgehead atoms. The van der Waals surface area contributed by atoms with E-state index in [9.17, 15) is 9.90 Å². The van der Waals surface area contributed by atoms with Gasteiger partial charge in [0.05, 0.1) is 12.5 Å². The molecule has 6 heteroatoms. The first-order valence-corrected chi connectivity index (χ1v) is 6.14. The molecular weight excluding hydrogens is 242 g/mol. The topological polar surface area (TPSA) is 78.8 Å². The minimum atomic E-state index is -0.873. The molecule has 0 spiro atoms. The van der Waals surface area contributed by atoms with E-state index in [0.717, 1.165) is 0 Å². The smallest absolute Gasteiger partial charge is 0.321 e. The Balaban J connectivity index is 2.20. The molecule has 0 amide bonds. The lowest BCUT2D eigenvalue weighted by Crippen LogP contribution is -2.33. The number of carboxylic acid groups (broad SMARTS) is 1. The van der Waals surface area contributed by atoms with E-state index in [4.69, 9.17) is 9.84 Å². The Hall–Kier alpha value is -1.40. The van der Waals surface area contributed by atoms with Crippen molar-refractivity contribution >= 4 is 17.7 Å². The number of phenols is 1. The van der Waals surface area contributed by atoms with Gasteiger partial charge in [-0.05, 0) is 18.2 Å². The van der Waals surface area contributed by atoms with Crippen molar-refractivity contribution in [3.63, 3.8) is 0 Å². The molecule has 1 aliphatic heterocycles. The lowest BCUT2D eigenvalue weighted by Gasteiger charge is -2.14. The van der Waals surface area contributed by atoms with Gasteiger partial charge in [-0.15, -0.1) is 11.8 Å². The summed E-state index contributed by atoms with van der Waals surface area (Å²) in [4.78, 5) is 10.8. The number of benzene rings is 1. The van der Waals surface area contributed by atoms with E-state index < -0.39 is 12.0 Å². The number of thioether (sulfide) groups is 1. The van der Waals surface area contributed by atoms with Crippen molar-refractivity contribution in [1.29, 1.82) is 0 Å². The van der Waals surface area contributed by atoms with Crippen molar-refractivity contribution in [3.05, 3.63) is 23.8 Å². The van der Waals surface area contributed by atoms with Gasteiger partial charge in [0.25, 0.3) is 0 Å². The zero-order valence-electron chi connectivity index (χ0n) is 9.21. The van der Waals surface area contributed by atoms with Crippen LogP contribution < -0.4 is 10.1 Å². The Bertz CT molecular complexity index is 437. The van der Waals surface area contributed by atoms with Crippen LogP contribution in [0.3, 0.4) is 0 Å². The summed E-state index contributed by atoms with van der Waals surface area (Å²) in [6.45, 7) is 0. The zero-order chi connectivity index (χ0) is 12.4. The van der Waals surface area contributed by atoms with Gasteiger partial charge in [0, 0.05) is 11.3 Å². The van der Waals surface area contributed by atoms with Gasteiger partial charge in [-0.1, -0.05) is 0 Å². The van der Waals surface area contributed by atoms with E-state index in [0.29, 0.717) is 17.1 Å². The van der Waals surface area contributed by atoms with Crippen molar-refractivity contribution in [2.24, 2.45) is 0 Å². The zero-order valence-corrected chi connectivity index (χ0v) is 10.0. The molecule has 2 atom stereocenters. The van der Waals surface area contributed by atoms with Crippen LogP contribution in [0.2, 0.25) is 0 Å². The first kappa shape index (κ1) is 12.1. The van der Waals surface area contributed by atoms with E-state index in [-0.39, 0.29) is 11.1 Å². The summed E-state index contributed by atoms with van der Waals surface area (Å²) in [5, 5.41) is 21.4. The summed E-state index contributed by atoms with van der Waals surface area (Å²) in [5.41, 5.74) is 0.651. The third-order valence-electron chi connectivity index (χ3n) is 2.60. The normalized spacial score (nSPS) is 23.6. The number of aliphatic carboxylic acids is 1. The van der Waals surface area contributed by atoms with Gasteiger partial charge < -0.3 is 14.9 Å². The van der Waals surface area contributed by atoms with Crippen LogP contribution in [-0.4, -0.2) is 35.1 Å². The summed E-state index contributed by atoms with van der Waals surface area (Å²) in [6.07, 6.45) is 0.